The summed E-state index contributed by atoms with van der Waals surface area (Å²) in [5.41, 5.74) is 1.59. The van der Waals surface area contributed by atoms with Crippen LogP contribution in [0.25, 0.3) is 0 Å². The molecule has 6 nitrogen and oxygen atoms in total. The van der Waals surface area contributed by atoms with Gasteiger partial charge in [-0.1, -0.05) is 29.3 Å². The molecule has 0 bridgehead atoms. The molecule has 0 saturated carbocycles. The van der Waals surface area contributed by atoms with Crippen molar-refractivity contribution < 1.29 is 17.9 Å². The van der Waals surface area contributed by atoms with Crippen molar-refractivity contribution in [3.63, 3.8) is 0 Å². The van der Waals surface area contributed by atoms with Crippen molar-refractivity contribution in [3.05, 3.63) is 58.1 Å². The number of halogens is 2. The normalized spacial score (nSPS) is 12.6. The van der Waals surface area contributed by atoms with Crippen molar-refractivity contribution in [2.45, 2.75) is 12.5 Å². The Labute approximate surface area is 176 Å². The lowest BCUT2D eigenvalue weighted by atomic mass is 10.1. The summed E-state index contributed by atoms with van der Waals surface area (Å²) < 4.78 is 36.0. The lowest BCUT2D eigenvalue weighted by molar-refractivity contribution is 0.0583. The van der Waals surface area contributed by atoms with Gasteiger partial charge >= 0.3 is 0 Å². The number of nitrogens with one attached hydrogen (secondary N) is 2. The van der Waals surface area contributed by atoms with E-state index in [9.17, 15) is 8.42 Å². The first-order valence-electron chi connectivity index (χ1n) is 8.65. The second-order valence-electron chi connectivity index (χ2n) is 6.27. The van der Waals surface area contributed by atoms with Crippen LogP contribution in [0.15, 0.2) is 42.5 Å². The molecule has 2 aromatic rings. The molecule has 0 fully saturated rings. The highest BCUT2D eigenvalue weighted by Gasteiger charge is 2.09. The maximum atomic E-state index is 11.2. The van der Waals surface area contributed by atoms with Crippen molar-refractivity contribution >= 4 is 38.9 Å². The van der Waals surface area contributed by atoms with Crippen molar-refractivity contribution in [1.29, 1.82) is 0 Å². The van der Waals surface area contributed by atoms with Gasteiger partial charge in [-0.15, -0.1) is 0 Å². The lowest BCUT2D eigenvalue weighted by Gasteiger charge is -2.17. The quantitative estimate of drug-likeness (QED) is 0.515. The standard InChI is InChI=1S/C19H24Cl2N2O4S/c1-26-17(12-22-10-9-14-3-8-18(20)19(21)11-14)13-27-16-6-4-15(5-7-16)23-28(2,24)25/h3-8,11,17,22-23H,9-10,12-13H2,1-2H3. The van der Waals surface area contributed by atoms with Crippen LogP contribution in [0.1, 0.15) is 5.56 Å². The van der Waals surface area contributed by atoms with Crippen molar-refractivity contribution in [2.75, 3.05) is 37.8 Å². The molecular weight excluding hydrogens is 423 g/mol. The third-order valence-corrected chi connectivity index (χ3v) is 5.22. The van der Waals surface area contributed by atoms with E-state index in [0.717, 1.165) is 24.8 Å². The molecule has 1 atom stereocenters. The van der Waals surface area contributed by atoms with Crippen LogP contribution < -0.4 is 14.8 Å². The summed E-state index contributed by atoms with van der Waals surface area (Å²) in [6.45, 7) is 1.77. The van der Waals surface area contributed by atoms with Crippen LogP contribution in [0, 0.1) is 0 Å². The minimum absolute atomic E-state index is 0.123. The largest absolute Gasteiger partial charge is 0.491 e. The predicted molar refractivity (Wildman–Crippen MR) is 114 cm³/mol. The van der Waals surface area contributed by atoms with Gasteiger partial charge in [-0.3, -0.25) is 4.72 Å². The number of hydrogen-bond acceptors (Lipinski definition) is 5. The van der Waals surface area contributed by atoms with Crippen molar-refractivity contribution in [2.24, 2.45) is 0 Å². The van der Waals surface area contributed by atoms with E-state index in [1.165, 1.54) is 0 Å². The zero-order chi connectivity index (χ0) is 20.6. The molecule has 0 heterocycles. The Balaban J connectivity index is 1.72. The van der Waals surface area contributed by atoms with Gasteiger partial charge in [-0.2, -0.15) is 0 Å². The molecule has 0 radical (unpaired) electrons. The van der Waals surface area contributed by atoms with Gasteiger partial charge in [-0.05, 0) is 54.9 Å². The predicted octanol–water partition coefficient (Wildman–Crippen LogP) is 3.59. The van der Waals surface area contributed by atoms with Gasteiger partial charge in [0.15, 0.2) is 0 Å². The van der Waals surface area contributed by atoms with Crippen LogP contribution in [-0.4, -0.2) is 47.6 Å². The van der Waals surface area contributed by atoms with Gasteiger partial charge in [0.05, 0.1) is 16.3 Å². The fraction of sp³-hybridized carbons (Fsp3) is 0.368. The van der Waals surface area contributed by atoms with Gasteiger partial charge in [-0.25, -0.2) is 8.42 Å². The Morgan fingerprint density at radius 1 is 1.07 bits per heavy atom. The summed E-state index contributed by atoms with van der Waals surface area (Å²) >= 11 is 11.9. The summed E-state index contributed by atoms with van der Waals surface area (Å²) in [7, 11) is -1.66. The molecule has 0 amide bonds. The average Bonchev–Trinajstić information content (AvgIpc) is 2.64. The number of anilines is 1. The minimum Gasteiger partial charge on any atom is -0.491 e. The Kier molecular flexibility index (Phi) is 8.85. The summed E-state index contributed by atoms with van der Waals surface area (Å²) in [6.07, 6.45) is 1.81. The maximum absolute atomic E-state index is 11.2. The van der Waals surface area contributed by atoms with Crippen LogP contribution in [0.2, 0.25) is 10.0 Å². The molecule has 2 aromatic carbocycles. The smallest absolute Gasteiger partial charge is 0.229 e. The zero-order valence-electron chi connectivity index (χ0n) is 15.7. The Bertz CT molecular complexity index is 861. The van der Waals surface area contributed by atoms with Crippen LogP contribution in [0.5, 0.6) is 5.75 Å². The first-order chi connectivity index (χ1) is 13.3. The molecule has 0 aromatic heterocycles. The highest BCUT2D eigenvalue weighted by molar-refractivity contribution is 7.92. The molecule has 2 N–H and O–H groups in total. The van der Waals surface area contributed by atoms with Crippen LogP contribution >= 0.6 is 23.2 Å². The molecule has 0 aliphatic rings. The Hall–Kier alpha value is -1.51. The Morgan fingerprint density at radius 2 is 1.79 bits per heavy atom. The van der Waals surface area contributed by atoms with E-state index in [1.54, 1.807) is 37.4 Å². The molecule has 0 spiro atoms. The first-order valence-corrected chi connectivity index (χ1v) is 11.3. The van der Waals surface area contributed by atoms with Crippen LogP contribution in [0.4, 0.5) is 5.69 Å². The highest BCUT2D eigenvalue weighted by atomic mass is 35.5. The van der Waals surface area contributed by atoms with Gasteiger partial charge in [0, 0.05) is 19.3 Å². The first kappa shape index (κ1) is 22.8. The van der Waals surface area contributed by atoms with Crippen LogP contribution in [0.3, 0.4) is 0 Å². The van der Waals surface area contributed by atoms with Crippen LogP contribution in [-0.2, 0) is 21.2 Å². The summed E-state index contributed by atoms with van der Waals surface area (Å²) in [4.78, 5) is 0. The highest BCUT2D eigenvalue weighted by Crippen LogP contribution is 2.22. The zero-order valence-corrected chi connectivity index (χ0v) is 18.1. The second kappa shape index (κ2) is 10.9. The molecule has 0 aliphatic heterocycles. The molecule has 0 aliphatic carbocycles. The average molecular weight is 447 g/mol. The molecule has 2 rings (SSSR count). The number of sulfonamides is 1. The van der Waals surface area contributed by atoms with E-state index >= 15 is 0 Å². The fourth-order valence-corrected chi connectivity index (χ4v) is 3.31. The third-order valence-electron chi connectivity index (χ3n) is 3.87. The van der Waals surface area contributed by atoms with E-state index in [1.807, 2.05) is 12.1 Å². The van der Waals surface area contributed by atoms with E-state index in [4.69, 9.17) is 32.7 Å². The van der Waals surface area contributed by atoms with E-state index in [-0.39, 0.29) is 6.10 Å². The topological polar surface area (TPSA) is 76.7 Å². The number of ether oxygens (including phenoxy) is 2. The van der Waals surface area contributed by atoms with E-state index in [0.29, 0.717) is 34.6 Å². The minimum atomic E-state index is -3.29. The summed E-state index contributed by atoms with van der Waals surface area (Å²) in [5.74, 6) is 0.636. The number of hydrogen-bond donors (Lipinski definition) is 2. The SMILES string of the molecule is COC(CNCCc1ccc(Cl)c(Cl)c1)COc1ccc(NS(C)(=O)=O)cc1. The van der Waals surface area contributed by atoms with Gasteiger partial charge < -0.3 is 14.8 Å². The number of methoxy groups -OCH3 is 1. The molecule has 28 heavy (non-hydrogen) atoms. The second-order valence-corrected chi connectivity index (χ2v) is 8.83. The van der Waals surface area contributed by atoms with Crippen molar-refractivity contribution in [1.82, 2.24) is 5.32 Å². The number of rotatable bonds is 11. The number of benzene rings is 2. The third kappa shape index (κ3) is 8.24. The lowest BCUT2D eigenvalue weighted by Crippen LogP contribution is -2.34. The Morgan fingerprint density at radius 3 is 2.39 bits per heavy atom. The summed E-state index contributed by atoms with van der Waals surface area (Å²) in [6, 6.07) is 12.3. The van der Waals surface area contributed by atoms with Gasteiger partial charge in [0.2, 0.25) is 10.0 Å². The molecular formula is C19H24Cl2N2O4S. The monoisotopic (exact) mass is 446 g/mol. The molecule has 154 valence electrons. The molecule has 0 saturated heterocycles. The molecule has 1 unspecified atom stereocenters. The molecule has 9 heteroatoms. The summed E-state index contributed by atoms with van der Waals surface area (Å²) in [5, 5.41) is 4.44. The van der Waals surface area contributed by atoms with E-state index < -0.39 is 10.0 Å². The van der Waals surface area contributed by atoms with Gasteiger partial charge in [0.1, 0.15) is 18.5 Å². The van der Waals surface area contributed by atoms with Crippen molar-refractivity contribution in [3.8, 4) is 5.75 Å². The maximum Gasteiger partial charge on any atom is 0.229 e. The van der Waals surface area contributed by atoms with Gasteiger partial charge in [0.25, 0.3) is 0 Å². The van der Waals surface area contributed by atoms with E-state index in [2.05, 4.69) is 10.0 Å². The fourth-order valence-electron chi connectivity index (χ4n) is 2.42.